The molecule has 25 heavy (non-hydrogen) atoms. The molecular formula is C18H14ClN3O2S. The Kier molecular flexibility index (Phi) is 4.15. The standard InChI is InChI=1S/C18H14ClN3O2S/c19-12-3-6-14-15(7-8-20-16(14)9-12)21-22-17(10-25-18(22)24)11-1-4-13(23)5-2-11/h1-9,17,23H,10H2,(H,20,21). The number of hydrazine groups is 1. The van der Waals surface area contributed by atoms with Crippen LogP contribution in [0.1, 0.15) is 11.6 Å². The van der Waals surface area contributed by atoms with E-state index < -0.39 is 0 Å². The first-order valence-electron chi connectivity index (χ1n) is 7.68. The number of aromatic hydroxyl groups is 1. The second-order valence-electron chi connectivity index (χ2n) is 5.69. The third-order valence-corrected chi connectivity index (χ3v) is 5.26. The fourth-order valence-electron chi connectivity index (χ4n) is 2.84. The Bertz CT molecular complexity index is 949. The molecular weight excluding hydrogens is 358 g/mol. The minimum Gasteiger partial charge on any atom is -0.508 e. The number of carbonyl (C=O) groups is 1. The third-order valence-electron chi connectivity index (χ3n) is 4.10. The lowest BCUT2D eigenvalue weighted by molar-refractivity contribution is 0.225. The van der Waals surface area contributed by atoms with Crippen LogP contribution in [0, 0.1) is 0 Å². The highest BCUT2D eigenvalue weighted by atomic mass is 35.5. The van der Waals surface area contributed by atoms with E-state index in [9.17, 15) is 9.90 Å². The summed E-state index contributed by atoms with van der Waals surface area (Å²) in [5.41, 5.74) is 5.75. The highest BCUT2D eigenvalue weighted by Gasteiger charge is 2.33. The molecule has 5 nitrogen and oxygen atoms in total. The second-order valence-corrected chi connectivity index (χ2v) is 7.09. The number of rotatable bonds is 3. The number of nitrogens with one attached hydrogen (secondary N) is 1. The van der Waals surface area contributed by atoms with Crippen molar-refractivity contribution in [3.8, 4) is 5.75 Å². The fourth-order valence-corrected chi connectivity index (χ4v) is 3.96. The molecule has 0 spiro atoms. The van der Waals surface area contributed by atoms with Crippen LogP contribution < -0.4 is 5.43 Å². The summed E-state index contributed by atoms with van der Waals surface area (Å²) < 4.78 is 0. The molecule has 0 aliphatic carbocycles. The zero-order valence-corrected chi connectivity index (χ0v) is 14.6. The average molecular weight is 372 g/mol. The molecule has 0 radical (unpaired) electrons. The predicted molar refractivity (Wildman–Crippen MR) is 101 cm³/mol. The first-order valence-corrected chi connectivity index (χ1v) is 9.04. The zero-order chi connectivity index (χ0) is 17.4. The third kappa shape index (κ3) is 3.10. The largest absolute Gasteiger partial charge is 0.508 e. The van der Waals surface area contributed by atoms with Crippen molar-refractivity contribution in [2.45, 2.75) is 6.04 Å². The van der Waals surface area contributed by atoms with E-state index in [2.05, 4.69) is 10.4 Å². The lowest BCUT2D eigenvalue weighted by Gasteiger charge is -2.26. The molecule has 1 saturated heterocycles. The van der Waals surface area contributed by atoms with Crippen LogP contribution >= 0.6 is 23.4 Å². The maximum Gasteiger partial charge on any atom is 0.300 e. The lowest BCUT2D eigenvalue weighted by atomic mass is 10.1. The van der Waals surface area contributed by atoms with Gasteiger partial charge in [-0.1, -0.05) is 35.5 Å². The van der Waals surface area contributed by atoms with E-state index in [0.717, 1.165) is 22.2 Å². The van der Waals surface area contributed by atoms with Crippen LogP contribution in [-0.2, 0) is 0 Å². The van der Waals surface area contributed by atoms with Crippen molar-refractivity contribution in [1.82, 2.24) is 9.99 Å². The number of hydrogen-bond donors (Lipinski definition) is 2. The van der Waals surface area contributed by atoms with E-state index >= 15 is 0 Å². The number of aromatic nitrogens is 1. The fraction of sp³-hybridized carbons (Fsp3) is 0.111. The quantitative estimate of drug-likeness (QED) is 0.690. The number of anilines is 1. The summed E-state index contributed by atoms with van der Waals surface area (Å²) in [5, 5.41) is 12.6. The Hall–Kier alpha value is -2.44. The summed E-state index contributed by atoms with van der Waals surface area (Å²) in [6, 6.07) is 14.1. The number of phenolic OH excluding ortho intramolecular Hbond substituents is 1. The van der Waals surface area contributed by atoms with Crippen LogP contribution in [0.5, 0.6) is 5.75 Å². The molecule has 1 atom stereocenters. The summed E-state index contributed by atoms with van der Waals surface area (Å²) in [5.74, 6) is 0.850. The maximum absolute atomic E-state index is 12.4. The highest BCUT2D eigenvalue weighted by Crippen LogP contribution is 2.36. The highest BCUT2D eigenvalue weighted by molar-refractivity contribution is 8.13. The number of carbonyl (C=O) groups excluding carboxylic acids is 1. The minimum absolute atomic E-state index is 0.0444. The van der Waals surface area contributed by atoms with Gasteiger partial charge in [0.05, 0.1) is 17.2 Å². The van der Waals surface area contributed by atoms with Crippen molar-refractivity contribution in [3.05, 3.63) is 65.3 Å². The van der Waals surface area contributed by atoms with Gasteiger partial charge in [-0.25, -0.2) is 5.01 Å². The number of amides is 1. The van der Waals surface area contributed by atoms with E-state index in [-0.39, 0.29) is 17.0 Å². The van der Waals surface area contributed by atoms with E-state index in [1.165, 1.54) is 11.8 Å². The van der Waals surface area contributed by atoms with Gasteiger partial charge >= 0.3 is 5.24 Å². The first kappa shape index (κ1) is 16.1. The number of hydrogen-bond acceptors (Lipinski definition) is 5. The van der Waals surface area contributed by atoms with Gasteiger partial charge in [-0.15, -0.1) is 0 Å². The van der Waals surface area contributed by atoms with Crippen molar-refractivity contribution >= 4 is 45.2 Å². The predicted octanol–water partition coefficient (Wildman–Crippen LogP) is 4.83. The minimum atomic E-state index is -0.117. The van der Waals surface area contributed by atoms with Crippen LogP contribution in [0.4, 0.5) is 10.5 Å². The van der Waals surface area contributed by atoms with Gasteiger partial charge in [-0.05, 0) is 42.0 Å². The molecule has 2 aromatic carbocycles. The van der Waals surface area contributed by atoms with Crippen molar-refractivity contribution in [2.75, 3.05) is 11.2 Å². The van der Waals surface area contributed by atoms with Gasteiger partial charge in [0.1, 0.15) is 5.75 Å². The van der Waals surface area contributed by atoms with Crippen LogP contribution in [0.3, 0.4) is 0 Å². The monoisotopic (exact) mass is 371 g/mol. The summed E-state index contributed by atoms with van der Waals surface area (Å²) in [6.45, 7) is 0. The topological polar surface area (TPSA) is 65.5 Å². The molecule has 126 valence electrons. The van der Waals surface area contributed by atoms with Crippen LogP contribution in [-0.4, -0.2) is 26.1 Å². The Morgan fingerprint density at radius 2 is 2.00 bits per heavy atom. The van der Waals surface area contributed by atoms with Gasteiger partial charge < -0.3 is 5.11 Å². The normalized spacial score (nSPS) is 17.2. The van der Waals surface area contributed by atoms with E-state index in [0.29, 0.717) is 10.8 Å². The number of nitrogens with zero attached hydrogens (tertiary/aromatic N) is 2. The molecule has 0 saturated carbocycles. The van der Waals surface area contributed by atoms with E-state index in [4.69, 9.17) is 11.6 Å². The smallest absolute Gasteiger partial charge is 0.300 e. The summed E-state index contributed by atoms with van der Waals surface area (Å²) >= 11 is 7.30. The molecule has 1 fully saturated rings. The molecule has 1 aromatic heterocycles. The molecule has 1 amide bonds. The Balaban J connectivity index is 1.68. The van der Waals surface area contributed by atoms with Crippen LogP contribution in [0.25, 0.3) is 10.9 Å². The molecule has 7 heteroatoms. The average Bonchev–Trinajstić information content (AvgIpc) is 2.96. The van der Waals surface area contributed by atoms with Crippen molar-refractivity contribution in [3.63, 3.8) is 0 Å². The lowest BCUT2D eigenvalue weighted by Crippen LogP contribution is -2.32. The Labute approximate surface area is 153 Å². The molecule has 4 rings (SSSR count). The number of halogens is 1. The van der Waals surface area contributed by atoms with Crippen molar-refractivity contribution in [2.24, 2.45) is 0 Å². The molecule has 2 N–H and O–H groups in total. The second kappa shape index (κ2) is 6.46. The summed E-state index contributed by atoms with van der Waals surface area (Å²) in [4.78, 5) is 16.7. The van der Waals surface area contributed by atoms with E-state index in [1.54, 1.807) is 35.5 Å². The maximum atomic E-state index is 12.4. The van der Waals surface area contributed by atoms with Gasteiger partial charge in [-0.3, -0.25) is 15.2 Å². The van der Waals surface area contributed by atoms with Gasteiger partial charge in [0.25, 0.3) is 0 Å². The van der Waals surface area contributed by atoms with E-state index in [1.807, 2.05) is 24.3 Å². The number of fused-ring (bicyclic) bond motifs is 1. The SMILES string of the molecule is O=C1SCC(c2ccc(O)cc2)N1Nc1ccnc2cc(Cl)ccc12. The van der Waals surface area contributed by atoms with Gasteiger partial charge in [0, 0.05) is 22.4 Å². The van der Waals surface area contributed by atoms with Crippen molar-refractivity contribution < 1.29 is 9.90 Å². The van der Waals surface area contributed by atoms with Gasteiger partial charge in [-0.2, -0.15) is 0 Å². The molecule has 1 aliphatic heterocycles. The van der Waals surface area contributed by atoms with Gasteiger partial charge in [0.15, 0.2) is 0 Å². The number of thioether (sulfide) groups is 1. The van der Waals surface area contributed by atoms with Crippen LogP contribution in [0.2, 0.25) is 5.02 Å². The molecule has 3 aromatic rings. The van der Waals surface area contributed by atoms with Crippen LogP contribution in [0.15, 0.2) is 54.7 Å². The number of phenols is 1. The molecule has 1 unspecified atom stereocenters. The summed E-state index contributed by atoms with van der Waals surface area (Å²) in [7, 11) is 0. The number of benzene rings is 2. The first-order chi connectivity index (χ1) is 12.1. The zero-order valence-electron chi connectivity index (χ0n) is 13.0. The summed E-state index contributed by atoms with van der Waals surface area (Å²) in [6.07, 6.45) is 1.68. The Morgan fingerprint density at radius 3 is 2.80 bits per heavy atom. The molecule has 1 aliphatic rings. The number of pyridine rings is 1. The Morgan fingerprint density at radius 1 is 1.20 bits per heavy atom. The molecule has 2 heterocycles. The van der Waals surface area contributed by atoms with Gasteiger partial charge in [0.2, 0.25) is 0 Å². The molecule has 0 bridgehead atoms. The van der Waals surface area contributed by atoms with Crippen molar-refractivity contribution in [1.29, 1.82) is 0 Å².